The third-order valence-corrected chi connectivity index (χ3v) is 3.93. The van der Waals surface area contributed by atoms with Crippen LogP contribution in [-0.2, 0) is 16.1 Å². The number of thiophene rings is 1. The van der Waals surface area contributed by atoms with E-state index in [4.69, 9.17) is 0 Å². The molecule has 0 radical (unpaired) electrons. The van der Waals surface area contributed by atoms with Crippen LogP contribution in [0.2, 0.25) is 0 Å². The molecular formula is C14H15F2N3O3S. The minimum absolute atomic E-state index is 0.231. The van der Waals surface area contributed by atoms with E-state index in [0.29, 0.717) is 10.7 Å². The first-order valence-corrected chi connectivity index (χ1v) is 7.44. The topological polar surface area (TPSA) is 73.2 Å². The van der Waals surface area contributed by atoms with Gasteiger partial charge in [-0.25, -0.2) is 13.6 Å². The van der Waals surface area contributed by atoms with E-state index in [-0.39, 0.29) is 17.8 Å². The van der Waals surface area contributed by atoms with Crippen LogP contribution in [0.5, 0.6) is 0 Å². The van der Waals surface area contributed by atoms with Gasteiger partial charge in [0.1, 0.15) is 17.2 Å². The summed E-state index contributed by atoms with van der Waals surface area (Å²) in [6, 6.07) is 2.82. The lowest BCUT2D eigenvalue weighted by atomic mass is 10.3. The number of anilines is 1. The third-order valence-electron chi connectivity index (χ3n) is 2.96. The Labute approximate surface area is 135 Å². The van der Waals surface area contributed by atoms with Gasteiger partial charge in [0.2, 0.25) is 5.91 Å². The van der Waals surface area contributed by atoms with E-state index in [9.17, 15) is 18.4 Å². The number of hydrogen-bond acceptors (Lipinski definition) is 5. The number of aromatic nitrogens is 2. The van der Waals surface area contributed by atoms with Crippen molar-refractivity contribution in [2.45, 2.75) is 26.8 Å². The van der Waals surface area contributed by atoms with Crippen molar-refractivity contribution in [3.8, 4) is 0 Å². The van der Waals surface area contributed by atoms with Gasteiger partial charge in [-0.2, -0.15) is 5.10 Å². The molecule has 9 heteroatoms. The molecule has 0 fully saturated rings. The van der Waals surface area contributed by atoms with Crippen molar-refractivity contribution in [2.75, 3.05) is 12.4 Å². The van der Waals surface area contributed by atoms with Gasteiger partial charge in [-0.3, -0.25) is 9.48 Å². The van der Waals surface area contributed by atoms with Crippen molar-refractivity contribution in [3.05, 3.63) is 34.0 Å². The van der Waals surface area contributed by atoms with E-state index in [0.717, 1.165) is 9.56 Å². The summed E-state index contributed by atoms with van der Waals surface area (Å²) in [4.78, 5) is 24.5. The first-order valence-electron chi connectivity index (χ1n) is 6.63. The van der Waals surface area contributed by atoms with Gasteiger partial charge >= 0.3 is 5.97 Å². The monoisotopic (exact) mass is 343 g/mol. The quantitative estimate of drug-likeness (QED) is 0.847. The molecule has 2 rings (SSSR count). The van der Waals surface area contributed by atoms with E-state index < -0.39 is 18.3 Å². The molecule has 0 bridgehead atoms. The minimum Gasteiger partial charge on any atom is -0.465 e. The van der Waals surface area contributed by atoms with E-state index in [1.807, 2.05) is 0 Å². The molecule has 124 valence electrons. The van der Waals surface area contributed by atoms with Crippen LogP contribution in [0.3, 0.4) is 0 Å². The predicted molar refractivity (Wildman–Crippen MR) is 80.9 cm³/mol. The second-order valence-corrected chi connectivity index (χ2v) is 6.06. The van der Waals surface area contributed by atoms with E-state index >= 15 is 0 Å². The molecule has 1 N–H and O–H groups in total. The largest absolute Gasteiger partial charge is 0.465 e. The molecule has 0 aromatic carbocycles. The molecule has 2 heterocycles. The molecule has 0 spiro atoms. The van der Waals surface area contributed by atoms with Crippen molar-refractivity contribution in [1.82, 2.24) is 9.78 Å². The smallest absolute Gasteiger partial charge is 0.340 e. The van der Waals surface area contributed by atoms with Gasteiger partial charge in [-0.15, -0.1) is 11.3 Å². The van der Waals surface area contributed by atoms with Crippen molar-refractivity contribution >= 4 is 28.2 Å². The number of esters is 1. The molecule has 0 atom stereocenters. The number of amides is 1. The molecule has 1 amide bonds. The van der Waals surface area contributed by atoms with Crippen molar-refractivity contribution < 1.29 is 23.1 Å². The fraction of sp³-hybridized carbons (Fsp3) is 0.357. The van der Waals surface area contributed by atoms with Crippen LogP contribution < -0.4 is 5.32 Å². The Morgan fingerprint density at radius 2 is 2.09 bits per heavy atom. The number of carbonyl (C=O) groups excluding carboxylic acids is 2. The summed E-state index contributed by atoms with van der Waals surface area (Å²) < 4.78 is 31.4. The maximum Gasteiger partial charge on any atom is 0.340 e. The SMILES string of the molecule is COC(=O)c1cc(C)sc1NC(=O)Cn1nc(C)cc1C(F)F. The fourth-order valence-electron chi connectivity index (χ4n) is 2.04. The number of nitrogens with one attached hydrogen (secondary N) is 1. The van der Waals surface area contributed by atoms with Crippen molar-refractivity contribution in [2.24, 2.45) is 0 Å². The lowest BCUT2D eigenvalue weighted by molar-refractivity contribution is -0.117. The summed E-state index contributed by atoms with van der Waals surface area (Å²) in [5.41, 5.74) is 0.303. The fourth-order valence-corrected chi connectivity index (χ4v) is 2.95. The van der Waals surface area contributed by atoms with Crippen molar-refractivity contribution in [1.29, 1.82) is 0 Å². The zero-order chi connectivity index (χ0) is 17.1. The van der Waals surface area contributed by atoms with Crippen LogP contribution in [0.25, 0.3) is 0 Å². The molecular weight excluding hydrogens is 328 g/mol. The van der Waals surface area contributed by atoms with Gasteiger partial charge in [-0.05, 0) is 26.0 Å². The summed E-state index contributed by atoms with van der Waals surface area (Å²) in [5, 5.41) is 6.74. The van der Waals surface area contributed by atoms with Crippen molar-refractivity contribution in [3.63, 3.8) is 0 Å². The summed E-state index contributed by atoms with van der Waals surface area (Å²) in [5.74, 6) is -1.13. The van der Waals surface area contributed by atoms with Crippen LogP contribution in [0.4, 0.5) is 13.8 Å². The Balaban J connectivity index is 2.16. The van der Waals surface area contributed by atoms with Gasteiger partial charge < -0.3 is 10.1 Å². The Bertz CT molecular complexity index is 740. The Hall–Kier alpha value is -2.29. The molecule has 23 heavy (non-hydrogen) atoms. The van der Waals surface area contributed by atoms with Crippen LogP contribution in [0.1, 0.15) is 33.0 Å². The van der Waals surface area contributed by atoms with Gasteiger partial charge in [0.25, 0.3) is 6.43 Å². The molecule has 0 unspecified atom stereocenters. The highest BCUT2D eigenvalue weighted by molar-refractivity contribution is 7.16. The minimum atomic E-state index is -2.72. The highest BCUT2D eigenvalue weighted by atomic mass is 32.1. The number of rotatable bonds is 5. The number of aryl methyl sites for hydroxylation is 2. The zero-order valence-electron chi connectivity index (χ0n) is 12.7. The molecule has 0 saturated heterocycles. The summed E-state index contributed by atoms with van der Waals surface area (Å²) in [6.07, 6.45) is -2.72. The first kappa shape index (κ1) is 17.1. The average molecular weight is 343 g/mol. The predicted octanol–water partition coefficient (Wildman–Crippen LogP) is 2.92. The zero-order valence-corrected chi connectivity index (χ0v) is 13.5. The maximum atomic E-state index is 12.9. The number of carbonyl (C=O) groups is 2. The van der Waals surface area contributed by atoms with Crippen LogP contribution >= 0.6 is 11.3 Å². The average Bonchev–Trinajstić information content (AvgIpc) is 3.01. The number of halogens is 2. The van der Waals surface area contributed by atoms with E-state index in [1.165, 1.54) is 24.5 Å². The summed E-state index contributed by atoms with van der Waals surface area (Å²) in [6.45, 7) is 2.97. The number of nitrogens with zero attached hydrogens (tertiary/aromatic N) is 2. The number of alkyl halides is 2. The van der Waals surface area contributed by atoms with Gasteiger partial charge in [0, 0.05) is 4.88 Å². The van der Waals surface area contributed by atoms with Gasteiger partial charge in [0.15, 0.2) is 0 Å². The summed E-state index contributed by atoms with van der Waals surface area (Å²) >= 11 is 1.20. The highest BCUT2D eigenvalue weighted by Gasteiger charge is 2.20. The Kier molecular flexibility index (Phi) is 5.09. The molecule has 0 aliphatic rings. The first-order chi connectivity index (χ1) is 10.8. The van der Waals surface area contributed by atoms with Crippen LogP contribution in [0, 0.1) is 13.8 Å². The normalized spacial score (nSPS) is 10.9. The van der Waals surface area contributed by atoms with Crippen LogP contribution in [0.15, 0.2) is 12.1 Å². The number of methoxy groups -OCH3 is 1. The lowest BCUT2D eigenvalue weighted by Gasteiger charge is -2.08. The standard InChI is InChI=1S/C14H15F2N3O3S/c1-7-4-10(12(15)16)19(18-7)6-11(20)17-13-9(14(21)22-3)5-8(2)23-13/h4-5,12H,6H2,1-3H3,(H,17,20). The van der Waals surface area contributed by atoms with Crippen LogP contribution in [-0.4, -0.2) is 28.8 Å². The van der Waals surface area contributed by atoms with E-state index in [1.54, 1.807) is 19.9 Å². The molecule has 0 aliphatic carbocycles. The second-order valence-electron chi connectivity index (χ2n) is 4.81. The maximum absolute atomic E-state index is 12.9. The third kappa shape index (κ3) is 3.92. The number of ether oxygens (including phenoxy) is 1. The molecule has 2 aromatic heterocycles. The number of hydrogen-bond donors (Lipinski definition) is 1. The Morgan fingerprint density at radius 3 is 2.70 bits per heavy atom. The molecule has 6 nitrogen and oxygen atoms in total. The molecule has 0 saturated carbocycles. The lowest BCUT2D eigenvalue weighted by Crippen LogP contribution is -2.21. The molecule has 2 aromatic rings. The second kappa shape index (κ2) is 6.86. The van der Waals surface area contributed by atoms with Gasteiger partial charge in [0.05, 0.1) is 18.4 Å². The highest BCUT2D eigenvalue weighted by Crippen LogP contribution is 2.28. The summed E-state index contributed by atoms with van der Waals surface area (Å²) in [7, 11) is 1.24. The Morgan fingerprint density at radius 1 is 1.39 bits per heavy atom. The van der Waals surface area contributed by atoms with Gasteiger partial charge in [-0.1, -0.05) is 0 Å². The van der Waals surface area contributed by atoms with E-state index in [2.05, 4.69) is 15.2 Å². The molecule has 0 aliphatic heterocycles.